The van der Waals surface area contributed by atoms with Crippen molar-refractivity contribution in [3.63, 3.8) is 0 Å². The van der Waals surface area contributed by atoms with Crippen LogP contribution in [0.2, 0.25) is 0 Å². The van der Waals surface area contributed by atoms with E-state index < -0.39 is 115 Å². The molecule has 11 N–H and O–H groups in total. The Morgan fingerprint density at radius 1 is 0.788 bits per heavy atom. The van der Waals surface area contributed by atoms with Crippen molar-refractivity contribution in [1.82, 2.24) is 36.8 Å². The van der Waals surface area contributed by atoms with Crippen LogP contribution in [0.4, 0.5) is 0 Å². The van der Waals surface area contributed by atoms with Gasteiger partial charge in [0.2, 0.25) is 41.4 Å². The maximum atomic E-state index is 13.3. The first-order valence-corrected chi connectivity index (χ1v) is 18.1. The summed E-state index contributed by atoms with van der Waals surface area (Å²) in [7, 11) is 0. The largest absolute Gasteiger partial charge is 0.481 e. The lowest BCUT2D eigenvalue weighted by Gasteiger charge is -2.29. The molecule has 1 aliphatic heterocycles. The van der Waals surface area contributed by atoms with Gasteiger partial charge in [-0.05, 0) is 57.5 Å². The lowest BCUT2D eigenvalue weighted by molar-refractivity contribution is -0.145. The Morgan fingerprint density at radius 3 is 1.96 bits per heavy atom. The molecular weight excluding hydrogens is 708 g/mol. The number of nitrogens with zero attached hydrogens (tertiary/aromatic N) is 1. The third kappa shape index (κ3) is 15.0. The Hall–Kier alpha value is -4.50. The van der Waals surface area contributed by atoms with Crippen LogP contribution in [0, 0.1) is 5.92 Å². The fourth-order valence-corrected chi connectivity index (χ4v) is 5.41. The summed E-state index contributed by atoms with van der Waals surface area (Å²) in [6.45, 7) is 4.90. The first-order valence-electron chi connectivity index (χ1n) is 16.7. The van der Waals surface area contributed by atoms with Crippen molar-refractivity contribution in [2.45, 2.75) is 102 Å². The van der Waals surface area contributed by atoms with Gasteiger partial charge in [0.05, 0.1) is 19.2 Å². The van der Waals surface area contributed by atoms with Gasteiger partial charge in [-0.3, -0.25) is 38.4 Å². The van der Waals surface area contributed by atoms with Crippen LogP contribution in [0.3, 0.4) is 0 Å². The molecule has 1 rings (SSSR count). The Balaban J connectivity index is 2.78. The number of nitrogens with one attached hydrogen (secondary N) is 6. The van der Waals surface area contributed by atoms with Gasteiger partial charge in [0.25, 0.3) is 0 Å². The van der Waals surface area contributed by atoms with E-state index in [0.717, 1.165) is 0 Å². The molecule has 1 fully saturated rings. The second-order valence-corrected chi connectivity index (χ2v) is 13.6. The number of nitrogens with two attached hydrogens (primary N) is 1. The molecule has 0 aliphatic carbocycles. The second kappa shape index (κ2) is 22.4. The summed E-state index contributed by atoms with van der Waals surface area (Å²) in [5, 5.41) is 42.1. The van der Waals surface area contributed by atoms with Crippen molar-refractivity contribution < 1.29 is 58.5 Å². The monoisotopic (exact) mass is 760 g/mol. The van der Waals surface area contributed by atoms with E-state index in [4.69, 9.17) is 10.8 Å². The minimum atomic E-state index is -1.47. The Morgan fingerprint density at radius 2 is 1.40 bits per heavy atom. The summed E-state index contributed by atoms with van der Waals surface area (Å²) in [5.41, 5.74) is 5.76. The molecule has 294 valence electrons. The Labute approximate surface area is 305 Å². The van der Waals surface area contributed by atoms with Crippen molar-refractivity contribution in [2.24, 2.45) is 11.7 Å². The van der Waals surface area contributed by atoms with Gasteiger partial charge in [-0.15, -0.1) is 0 Å². The van der Waals surface area contributed by atoms with E-state index >= 15 is 0 Å². The first-order chi connectivity index (χ1) is 24.3. The van der Waals surface area contributed by atoms with Gasteiger partial charge in [0.15, 0.2) is 0 Å². The van der Waals surface area contributed by atoms with Crippen LogP contribution < -0.4 is 37.6 Å². The van der Waals surface area contributed by atoms with Crippen LogP contribution in [0.1, 0.15) is 59.8 Å². The van der Waals surface area contributed by atoms with Gasteiger partial charge >= 0.3 is 11.9 Å². The number of likely N-dealkylation sites (tertiary alicyclic amines) is 1. The minimum absolute atomic E-state index is 0.149. The molecule has 0 aromatic carbocycles. The number of carbonyl (C=O) groups is 9. The summed E-state index contributed by atoms with van der Waals surface area (Å²) in [4.78, 5) is 113. The van der Waals surface area contributed by atoms with Crippen molar-refractivity contribution in [1.29, 1.82) is 0 Å². The van der Waals surface area contributed by atoms with Crippen LogP contribution in [-0.2, 0) is 43.2 Å². The summed E-state index contributed by atoms with van der Waals surface area (Å²) in [6, 6.07) is -8.30. The normalized spacial score (nSPS) is 17.4. The molecule has 0 bridgehead atoms. The molecule has 0 spiro atoms. The standard InChI is InChI=1S/C31H52N8O12S/c1-15(2)24(32)29(48)38-20(14-40)27(46)34-16(3)25(44)33-13-22(41)36-18(10-12-52-5)26(45)35-17(4)30(49)39-11-6-7-21(39)28(47)37-19(31(50)51)8-9-23(42)43/h15-21,24,40H,6-14,32H2,1-5H3,(H,33,44)(H,34,46)(H,35,45)(H,36,41)(H,37,47)(H,38,48)(H,42,43)(H,50,51). The summed E-state index contributed by atoms with van der Waals surface area (Å²) in [5.74, 6) is -7.66. The van der Waals surface area contributed by atoms with Gasteiger partial charge in [0.1, 0.15) is 36.3 Å². The zero-order valence-corrected chi connectivity index (χ0v) is 30.7. The number of carboxylic acids is 2. The molecule has 1 aliphatic rings. The minimum Gasteiger partial charge on any atom is -0.481 e. The molecule has 0 radical (unpaired) electrons. The molecule has 7 unspecified atom stereocenters. The third-order valence-electron chi connectivity index (χ3n) is 8.10. The highest BCUT2D eigenvalue weighted by molar-refractivity contribution is 7.98. The molecule has 1 heterocycles. The van der Waals surface area contributed by atoms with Crippen LogP contribution in [-0.4, -0.2) is 148 Å². The van der Waals surface area contributed by atoms with Crippen molar-refractivity contribution in [3.05, 3.63) is 0 Å². The summed E-state index contributed by atoms with van der Waals surface area (Å²) < 4.78 is 0. The van der Waals surface area contributed by atoms with E-state index in [0.29, 0.717) is 12.2 Å². The molecule has 1 saturated heterocycles. The topological polar surface area (TPSA) is 316 Å². The number of hydrogen-bond donors (Lipinski definition) is 10. The van der Waals surface area contributed by atoms with Crippen molar-refractivity contribution >= 4 is 65.1 Å². The zero-order valence-electron chi connectivity index (χ0n) is 29.9. The quantitative estimate of drug-likeness (QED) is 0.0507. The molecule has 7 atom stereocenters. The van der Waals surface area contributed by atoms with Crippen LogP contribution in [0.5, 0.6) is 0 Å². The molecule has 0 aromatic heterocycles. The predicted molar refractivity (Wildman–Crippen MR) is 186 cm³/mol. The number of hydrogen-bond acceptors (Lipinski definition) is 12. The lowest BCUT2D eigenvalue weighted by Crippen LogP contribution is -2.58. The number of aliphatic carboxylic acids is 2. The first kappa shape index (κ1) is 45.5. The summed E-state index contributed by atoms with van der Waals surface area (Å²) >= 11 is 1.39. The number of aliphatic hydroxyl groups excluding tert-OH is 1. The van der Waals surface area contributed by atoms with Crippen LogP contribution in [0.25, 0.3) is 0 Å². The second-order valence-electron chi connectivity index (χ2n) is 12.6. The van der Waals surface area contributed by atoms with Gasteiger partial charge in [-0.2, -0.15) is 11.8 Å². The SMILES string of the molecule is CSCCC(NC(=O)CNC(=O)C(C)NC(=O)C(CO)NC(=O)C(N)C(C)C)C(=O)NC(C)C(=O)N1CCCC1C(=O)NC(CCC(=O)O)C(=O)O. The van der Waals surface area contributed by atoms with Gasteiger partial charge in [0, 0.05) is 13.0 Å². The highest BCUT2D eigenvalue weighted by atomic mass is 32.2. The molecule has 21 heteroatoms. The predicted octanol–water partition coefficient (Wildman–Crippen LogP) is -3.76. The highest BCUT2D eigenvalue weighted by Crippen LogP contribution is 2.19. The molecule has 20 nitrogen and oxygen atoms in total. The number of thioether (sulfide) groups is 1. The molecule has 52 heavy (non-hydrogen) atoms. The Bertz CT molecular complexity index is 1320. The van der Waals surface area contributed by atoms with E-state index in [1.54, 1.807) is 20.1 Å². The van der Waals surface area contributed by atoms with E-state index in [1.165, 1.54) is 30.5 Å². The number of carboxylic acid groups (broad SMARTS) is 2. The van der Waals surface area contributed by atoms with Crippen molar-refractivity contribution in [3.8, 4) is 0 Å². The number of aliphatic hydroxyl groups is 1. The van der Waals surface area contributed by atoms with E-state index in [-0.39, 0.29) is 31.7 Å². The van der Waals surface area contributed by atoms with Gasteiger partial charge < -0.3 is 57.9 Å². The van der Waals surface area contributed by atoms with Crippen LogP contribution in [0.15, 0.2) is 0 Å². The Kier molecular flexibility index (Phi) is 19.6. The van der Waals surface area contributed by atoms with E-state index in [1.807, 2.05) is 0 Å². The van der Waals surface area contributed by atoms with E-state index in [2.05, 4.69) is 31.9 Å². The molecular formula is C31H52N8O12S. The smallest absolute Gasteiger partial charge is 0.326 e. The molecule has 7 amide bonds. The van der Waals surface area contributed by atoms with Gasteiger partial charge in [-0.25, -0.2) is 4.79 Å². The summed E-state index contributed by atoms with van der Waals surface area (Å²) in [6.07, 6.45) is 1.72. The fourth-order valence-electron chi connectivity index (χ4n) is 4.94. The van der Waals surface area contributed by atoms with Crippen molar-refractivity contribution in [2.75, 3.05) is 31.7 Å². The number of amides is 7. The maximum absolute atomic E-state index is 13.3. The molecule has 0 saturated carbocycles. The average Bonchev–Trinajstić information content (AvgIpc) is 3.58. The maximum Gasteiger partial charge on any atom is 0.326 e. The lowest BCUT2D eigenvalue weighted by atomic mass is 10.0. The number of carbonyl (C=O) groups excluding carboxylic acids is 7. The fraction of sp³-hybridized carbons (Fsp3) is 0.710. The number of rotatable bonds is 22. The highest BCUT2D eigenvalue weighted by Gasteiger charge is 2.38. The van der Waals surface area contributed by atoms with Crippen LogP contribution >= 0.6 is 11.8 Å². The molecule has 0 aromatic rings. The average molecular weight is 761 g/mol. The van der Waals surface area contributed by atoms with Gasteiger partial charge in [-0.1, -0.05) is 13.8 Å². The third-order valence-corrected chi connectivity index (χ3v) is 8.75. The zero-order chi connectivity index (χ0) is 39.7. The van der Waals surface area contributed by atoms with E-state index in [9.17, 15) is 53.4 Å².